The number of amides is 1. The molecule has 1 aromatic carbocycles. The number of benzene rings is 1. The van der Waals surface area contributed by atoms with Crippen molar-refractivity contribution in [1.82, 2.24) is 29.0 Å². The standard InChI is InChI=1S/C25H23F5N8O3/c1-2-14-15(24(40)36-8-13(31)9-36)3-4-17(20(14)41-12-39)34-22-23-33-7-18(38(23)6-5-32-22)16-10-37(11-19(26)27)35-21(16)25(28,29)30/h3-7,10,12-13,19H,2,8-9,11,31H2,1H3,(H,32,34). The van der Waals surface area contributed by atoms with E-state index in [9.17, 15) is 31.5 Å². The average Bonchev–Trinajstić information content (AvgIpc) is 3.51. The van der Waals surface area contributed by atoms with E-state index in [4.69, 9.17) is 10.5 Å². The Labute approximate surface area is 228 Å². The molecule has 3 aromatic heterocycles. The predicted molar refractivity (Wildman–Crippen MR) is 135 cm³/mol. The Kier molecular flexibility index (Phi) is 7.33. The monoisotopic (exact) mass is 578 g/mol. The van der Waals surface area contributed by atoms with Crippen LogP contribution in [-0.2, 0) is 23.9 Å². The molecule has 0 saturated carbocycles. The maximum atomic E-state index is 13.7. The minimum Gasteiger partial charge on any atom is -0.426 e. The van der Waals surface area contributed by atoms with E-state index < -0.39 is 30.4 Å². The molecule has 1 aliphatic rings. The van der Waals surface area contributed by atoms with Crippen LogP contribution in [0.25, 0.3) is 16.9 Å². The summed E-state index contributed by atoms with van der Waals surface area (Å²) >= 11 is 0. The Morgan fingerprint density at radius 1 is 1.27 bits per heavy atom. The lowest BCUT2D eigenvalue weighted by atomic mass is 9.99. The van der Waals surface area contributed by atoms with Gasteiger partial charge in [0, 0.05) is 48.8 Å². The number of carbonyl (C=O) groups is 2. The number of nitrogens with two attached hydrogens (primary N) is 1. The van der Waals surface area contributed by atoms with Gasteiger partial charge in [-0.15, -0.1) is 0 Å². The van der Waals surface area contributed by atoms with Gasteiger partial charge < -0.3 is 20.7 Å². The summed E-state index contributed by atoms with van der Waals surface area (Å²) in [5.74, 6) is -0.115. The number of hydrogen-bond acceptors (Lipinski definition) is 8. The fourth-order valence-corrected chi connectivity index (χ4v) is 4.70. The van der Waals surface area contributed by atoms with Crippen LogP contribution in [0.1, 0.15) is 28.5 Å². The molecule has 1 saturated heterocycles. The van der Waals surface area contributed by atoms with Crippen LogP contribution >= 0.6 is 0 Å². The third-order valence-corrected chi connectivity index (χ3v) is 6.52. The highest BCUT2D eigenvalue weighted by Gasteiger charge is 2.38. The van der Waals surface area contributed by atoms with Crippen LogP contribution < -0.4 is 15.8 Å². The first-order chi connectivity index (χ1) is 19.5. The summed E-state index contributed by atoms with van der Waals surface area (Å²) in [5.41, 5.74) is 5.05. The zero-order valence-electron chi connectivity index (χ0n) is 21.4. The third-order valence-electron chi connectivity index (χ3n) is 6.52. The number of nitrogens with zero attached hydrogens (tertiary/aromatic N) is 6. The summed E-state index contributed by atoms with van der Waals surface area (Å²) in [6.07, 6.45) is -2.83. The number of carbonyl (C=O) groups excluding carboxylic acids is 2. The van der Waals surface area contributed by atoms with Gasteiger partial charge in [-0.25, -0.2) is 18.7 Å². The molecule has 0 unspecified atom stereocenters. The number of hydrogen-bond donors (Lipinski definition) is 2. The number of likely N-dealkylation sites (tertiary alicyclic amines) is 1. The van der Waals surface area contributed by atoms with E-state index in [2.05, 4.69) is 20.4 Å². The van der Waals surface area contributed by atoms with E-state index in [0.29, 0.717) is 35.3 Å². The minimum atomic E-state index is -4.92. The van der Waals surface area contributed by atoms with Crippen LogP contribution in [0.2, 0.25) is 0 Å². The summed E-state index contributed by atoms with van der Waals surface area (Å²) < 4.78 is 74.0. The zero-order valence-corrected chi connectivity index (χ0v) is 21.4. The number of fused-ring (bicyclic) bond motifs is 1. The molecule has 41 heavy (non-hydrogen) atoms. The molecule has 3 N–H and O–H groups in total. The molecule has 0 atom stereocenters. The van der Waals surface area contributed by atoms with Crippen LogP contribution in [-0.4, -0.2) is 67.0 Å². The van der Waals surface area contributed by atoms with Gasteiger partial charge in [0.05, 0.1) is 23.1 Å². The van der Waals surface area contributed by atoms with E-state index in [1.165, 1.54) is 22.9 Å². The summed E-state index contributed by atoms with van der Waals surface area (Å²) in [5, 5.41) is 6.31. The number of imidazole rings is 1. The smallest absolute Gasteiger partial charge is 0.426 e. The molecule has 0 radical (unpaired) electrons. The molecule has 1 aliphatic heterocycles. The highest BCUT2D eigenvalue weighted by molar-refractivity contribution is 5.98. The molecular formula is C25H23F5N8O3. The number of halogens is 5. The Bertz CT molecular complexity index is 1610. The number of aromatic nitrogens is 5. The summed E-state index contributed by atoms with van der Waals surface area (Å²) in [4.78, 5) is 34.4. The summed E-state index contributed by atoms with van der Waals surface area (Å²) in [6, 6.07) is 2.97. The van der Waals surface area contributed by atoms with Crippen LogP contribution in [0.4, 0.5) is 33.5 Å². The highest BCUT2D eigenvalue weighted by atomic mass is 19.4. The van der Waals surface area contributed by atoms with Gasteiger partial charge in [0.15, 0.2) is 22.9 Å². The van der Waals surface area contributed by atoms with Crippen molar-refractivity contribution in [1.29, 1.82) is 0 Å². The lowest BCUT2D eigenvalue weighted by Gasteiger charge is -2.37. The largest absolute Gasteiger partial charge is 0.435 e. The van der Waals surface area contributed by atoms with Crippen molar-refractivity contribution in [3.63, 3.8) is 0 Å². The summed E-state index contributed by atoms with van der Waals surface area (Å²) in [7, 11) is 0. The molecule has 4 heterocycles. The van der Waals surface area contributed by atoms with Gasteiger partial charge in [-0.3, -0.25) is 18.7 Å². The van der Waals surface area contributed by atoms with Gasteiger partial charge in [0.2, 0.25) is 0 Å². The Balaban J connectivity index is 1.55. The second-order valence-electron chi connectivity index (χ2n) is 9.25. The van der Waals surface area contributed by atoms with Crippen molar-refractivity contribution < 1.29 is 36.3 Å². The minimum absolute atomic E-state index is 0.0643. The zero-order chi connectivity index (χ0) is 29.5. The number of anilines is 2. The van der Waals surface area contributed by atoms with E-state index in [0.717, 1.165) is 12.4 Å². The molecular weight excluding hydrogens is 555 g/mol. The molecule has 11 nitrogen and oxygen atoms in total. The number of rotatable bonds is 9. The van der Waals surface area contributed by atoms with E-state index in [-0.39, 0.29) is 47.0 Å². The number of nitrogens with one attached hydrogen (secondary N) is 1. The van der Waals surface area contributed by atoms with Crippen LogP contribution in [0.3, 0.4) is 0 Å². The van der Waals surface area contributed by atoms with Crippen molar-refractivity contribution in [2.75, 3.05) is 18.4 Å². The van der Waals surface area contributed by atoms with Crippen LogP contribution in [0, 0.1) is 0 Å². The molecule has 0 bridgehead atoms. The van der Waals surface area contributed by atoms with Gasteiger partial charge in [0.25, 0.3) is 18.8 Å². The lowest BCUT2D eigenvalue weighted by Crippen LogP contribution is -2.57. The predicted octanol–water partition coefficient (Wildman–Crippen LogP) is 3.50. The van der Waals surface area contributed by atoms with Gasteiger partial charge in [0.1, 0.15) is 6.54 Å². The highest BCUT2D eigenvalue weighted by Crippen LogP contribution is 2.38. The first-order valence-electron chi connectivity index (χ1n) is 12.3. The van der Waals surface area contributed by atoms with E-state index in [1.54, 1.807) is 17.9 Å². The SMILES string of the molecule is CCc1c(C(=O)N2CC(N)C2)ccc(Nc2nccn3c(-c4cn(CC(F)F)nc4C(F)(F)F)cnc23)c1OC=O. The lowest BCUT2D eigenvalue weighted by molar-refractivity contribution is -0.141. The maximum absolute atomic E-state index is 13.7. The van der Waals surface area contributed by atoms with Crippen molar-refractivity contribution in [3.05, 3.63) is 53.7 Å². The second kappa shape index (κ2) is 10.8. The Morgan fingerprint density at radius 3 is 2.66 bits per heavy atom. The Hall–Kier alpha value is -4.60. The molecule has 1 amide bonds. The quantitative estimate of drug-likeness (QED) is 0.228. The molecule has 1 fully saturated rings. The van der Waals surface area contributed by atoms with Gasteiger partial charge >= 0.3 is 6.18 Å². The molecule has 4 aromatic rings. The van der Waals surface area contributed by atoms with E-state index >= 15 is 0 Å². The van der Waals surface area contributed by atoms with E-state index in [1.807, 2.05) is 0 Å². The fraction of sp³-hybridized carbons (Fsp3) is 0.320. The van der Waals surface area contributed by atoms with Crippen molar-refractivity contribution in [2.24, 2.45) is 5.73 Å². The van der Waals surface area contributed by atoms with Crippen molar-refractivity contribution in [2.45, 2.75) is 38.5 Å². The number of ether oxygens (including phenoxy) is 1. The van der Waals surface area contributed by atoms with Crippen LogP contribution in [0.15, 0.2) is 36.9 Å². The van der Waals surface area contributed by atoms with Gasteiger partial charge in [-0.05, 0) is 18.6 Å². The topological polar surface area (TPSA) is 133 Å². The number of alkyl halides is 5. The maximum Gasteiger partial charge on any atom is 0.435 e. The fourth-order valence-electron chi connectivity index (χ4n) is 4.70. The normalized spacial score (nSPS) is 14.0. The molecule has 216 valence electrons. The van der Waals surface area contributed by atoms with Crippen molar-refractivity contribution in [3.8, 4) is 17.0 Å². The average molecular weight is 579 g/mol. The van der Waals surface area contributed by atoms with Crippen molar-refractivity contribution >= 4 is 29.5 Å². The Morgan fingerprint density at radius 2 is 2.02 bits per heavy atom. The molecule has 0 spiro atoms. The first kappa shape index (κ1) is 27.9. The van der Waals surface area contributed by atoms with Gasteiger partial charge in [-0.1, -0.05) is 6.92 Å². The molecule has 16 heteroatoms. The molecule has 0 aliphatic carbocycles. The van der Waals surface area contributed by atoms with Gasteiger partial charge in [-0.2, -0.15) is 18.3 Å². The summed E-state index contributed by atoms with van der Waals surface area (Å²) in [6.45, 7) is 1.77. The van der Waals surface area contributed by atoms with Crippen LogP contribution in [0.5, 0.6) is 5.75 Å². The molecule has 5 rings (SSSR count). The third kappa shape index (κ3) is 5.29. The first-order valence-corrected chi connectivity index (χ1v) is 12.3. The second-order valence-corrected chi connectivity index (χ2v) is 9.25.